The molecule has 1 unspecified atom stereocenters. The first kappa shape index (κ1) is 22.5. The van der Waals surface area contributed by atoms with Crippen molar-refractivity contribution in [3.8, 4) is 0 Å². The molecule has 2 rings (SSSR count). The number of aliphatic imine (C=N–C) groups is 1. The highest BCUT2D eigenvalue weighted by Gasteiger charge is 2.29. The van der Waals surface area contributed by atoms with Crippen molar-refractivity contribution < 1.29 is 9.53 Å². The van der Waals surface area contributed by atoms with Gasteiger partial charge in [-0.2, -0.15) is 0 Å². The van der Waals surface area contributed by atoms with E-state index in [0.717, 1.165) is 45.1 Å². The van der Waals surface area contributed by atoms with Gasteiger partial charge in [0.15, 0.2) is 5.96 Å². The van der Waals surface area contributed by atoms with Crippen LogP contribution in [0.3, 0.4) is 0 Å². The second-order valence-corrected chi connectivity index (χ2v) is 8.52. The summed E-state index contributed by atoms with van der Waals surface area (Å²) in [7, 11) is 0. The van der Waals surface area contributed by atoms with Crippen molar-refractivity contribution in [3.05, 3.63) is 12.2 Å². The van der Waals surface area contributed by atoms with Gasteiger partial charge in [-0.3, -0.25) is 9.89 Å². The Bertz CT molecular complexity index is 547. The number of hydrogen-bond donors (Lipinski definition) is 1. The van der Waals surface area contributed by atoms with Crippen LogP contribution >= 0.6 is 0 Å². The minimum atomic E-state index is -0.476. The molecule has 0 saturated carbocycles. The first-order chi connectivity index (χ1) is 13.3. The number of rotatable bonds is 7. The van der Waals surface area contributed by atoms with E-state index in [1.807, 2.05) is 20.8 Å². The summed E-state index contributed by atoms with van der Waals surface area (Å²) >= 11 is 0. The fourth-order valence-electron chi connectivity index (χ4n) is 3.62. The van der Waals surface area contributed by atoms with Crippen molar-refractivity contribution in [2.75, 3.05) is 52.4 Å². The average molecular weight is 394 g/mol. The SMILES string of the molecule is CCCN(CCN=C(NCC)N1CCC(N2CC=CC2)C1)C(=O)OC(C)(C)C. The van der Waals surface area contributed by atoms with Gasteiger partial charge < -0.3 is 19.9 Å². The molecule has 0 spiro atoms. The Hall–Kier alpha value is -1.76. The number of nitrogens with zero attached hydrogens (tertiary/aromatic N) is 4. The quantitative estimate of drug-likeness (QED) is 0.409. The summed E-state index contributed by atoms with van der Waals surface area (Å²) in [5, 5.41) is 3.42. The second kappa shape index (κ2) is 10.7. The highest BCUT2D eigenvalue weighted by atomic mass is 16.6. The minimum absolute atomic E-state index is 0.252. The summed E-state index contributed by atoms with van der Waals surface area (Å²) in [5.41, 5.74) is -0.476. The molecule has 28 heavy (non-hydrogen) atoms. The zero-order valence-electron chi connectivity index (χ0n) is 18.4. The topological polar surface area (TPSA) is 60.4 Å². The maximum Gasteiger partial charge on any atom is 0.410 e. The van der Waals surface area contributed by atoms with Gasteiger partial charge in [0.25, 0.3) is 0 Å². The summed E-state index contributed by atoms with van der Waals surface area (Å²) < 4.78 is 5.53. The van der Waals surface area contributed by atoms with Crippen LogP contribution in [0, 0.1) is 0 Å². The number of carbonyl (C=O) groups excluding carboxylic acids is 1. The number of carbonyl (C=O) groups is 1. The number of guanidine groups is 1. The molecule has 1 saturated heterocycles. The number of amides is 1. The lowest BCUT2D eigenvalue weighted by Gasteiger charge is -2.27. The number of hydrogen-bond acceptors (Lipinski definition) is 4. The van der Waals surface area contributed by atoms with E-state index in [-0.39, 0.29) is 6.09 Å². The van der Waals surface area contributed by atoms with Crippen LogP contribution in [0.15, 0.2) is 17.1 Å². The Morgan fingerprint density at radius 1 is 1.25 bits per heavy atom. The Labute approximate surface area is 170 Å². The molecule has 0 aliphatic carbocycles. The molecule has 0 aromatic carbocycles. The van der Waals surface area contributed by atoms with Crippen LogP contribution in [0.2, 0.25) is 0 Å². The van der Waals surface area contributed by atoms with Crippen LogP contribution in [0.4, 0.5) is 4.79 Å². The summed E-state index contributed by atoms with van der Waals surface area (Å²) in [6.07, 6.45) is 6.33. The van der Waals surface area contributed by atoms with Gasteiger partial charge in [-0.05, 0) is 40.5 Å². The maximum atomic E-state index is 12.4. The standard InChI is InChI=1S/C21H39N5O2/c1-6-12-25(20(27)28-21(3,4)5)16-11-23-19(22-7-2)26-15-10-18(17-26)24-13-8-9-14-24/h8-9,18H,6-7,10-17H2,1-5H3,(H,22,23). The van der Waals surface area contributed by atoms with Crippen LogP contribution in [-0.2, 0) is 4.74 Å². The zero-order valence-corrected chi connectivity index (χ0v) is 18.4. The van der Waals surface area contributed by atoms with Crippen molar-refractivity contribution in [2.45, 2.75) is 59.1 Å². The maximum absolute atomic E-state index is 12.4. The number of likely N-dealkylation sites (tertiary alicyclic amines) is 1. The molecule has 0 radical (unpaired) electrons. The molecule has 0 bridgehead atoms. The molecule has 0 aromatic heterocycles. The predicted octanol–water partition coefficient (Wildman–Crippen LogP) is 2.55. The molecule has 160 valence electrons. The highest BCUT2D eigenvalue weighted by molar-refractivity contribution is 5.80. The molecule has 1 amide bonds. The molecule has 7 nitrogen and oxygen atoms in total. The van der Waals surface area contributed by atoms with Crippen molar-refractivity contribution in [1.82, 2.24) is 20.0 Å². The summed E-state index contributed by atoms with van der Waals surface area (Å²) in [4.78, 5) is 23.9. The van der Waals surface area contributed by atoms with E-state index in [1.54, 1.807) is 4.90 Å². The molecule has 0 aromatic rings. The van der Waals surface area contributed by atoms with E-state index < -0.39 is 5.60 Å². The Kier molecular flexibility index (Phi) is 8.60. The van der Waals surface area contributed by atoms with Gasteiger partial charge in [0, 0.05) is 51.9 Å². The molecule has 2 aliphatic heterocycles. The van der Waals surface area contributed by atoms with Crippen LogP contribution in [0.5, 0.6) is 0 Å². The van der Waals surface area contributed by atoms with Gasteiger partial charge in [-0.25, -0.2) is 4.79 Å². The summed E-state index contributed by atoms with van der Waals surface area (Å²) in [6.45, 7) is 16.7. The molecule has 1 fully saturated rings. The fourth-order valence-corrected chi connectivity index (χ4v) is 3.62. The van der Waals surface area contributed by atoms with Gasteiger partial charge in [0.1, 0.15) is 5.60 Å². The van der Waals surface area contributed by atoms with E-state index in [9.17, 15) is 4.79 Å². The van der Waals surface area contributed by atoms with Crippen molar-refractivity contribution in [3.63, 3.8) is 0 Å². The molecule has 1 atom stereocenters. The zero-order chi connectivity index (χ0) is 20.6. The van der Waals surface area contributed by atoms with Gasteiger partial charge in [-0.15, -0.1) is 0 Å². The van der Waals surface area contributed by atoms with E-state index in [2.05, 4.69) is 41.1 Å². The Morgan fingerprint density at radius 3 is 2.57 bits per heavy atom. The first-order valence-corrected chi connectivity index (χ1v) is 10.7. The third kappa shape index (κ3) is 7.00. The number of ether oxygens (including phenoxy) is 1. The lowest BCUT2D eigenvalue weighted by Crippen LogP contribution is -2.43. The lowest BCUT2D eigenvalue weighted by molar-refractivity contribution is 0.0256. The van der Waals surface area contributed by atoms with E-state index >= 15 is 0 Å². The smallest absolute Gasteiger partial charge is 0.410 e. The summed E-state index contributed by atoms with van der Waals surface area (Å²) in [5.74, 6) is 0.956. The van der Waals surface area contributed by atoms with Crippen molar-refractivity contribution >= 4 is 12.1 Å². The normalized spacial score (nSPS) is 20.7. The highest BCUT2D eigenvalue weighted by Crippen LogP contribution is 2.18. The molecule has 2 aliphatic rings. The Morgan fingerprint density at radius 2 is 1.96 bits per heavy atom. The largest absolute Gasteiger partial charge is 0.444 e. The van der Waals surface area contributed by atoms with Crippen molar-refractivity contribution in [2.24, 2.45) is 4.99 Å². The fraction of sp³-hybridized carbons (Fsp3) is 0.810. The van der Waals surface area contributed by atoms with Gasteiger partial charge in [0.05, 0.1) is 6.54 Å². The van der Waals surface area contributed by atoms with Crippen molar-refractivity contribution in [1.29, 1.82) is 0 Å². The van der Waals surface area contributed by atoms with Gasteiger partial charge in [-0.1, -0.05) is 19.1 Å². The monoisotopic (exact) mass is 393 g/mol. The molecular weight excluding hydrogens is 354 g/mol. The average Bonchev–Trinajstić information content (AvgIpc) is 3.29. The first-order valence-electron chi connectivity index (χ1n) is 10.7. The van der Waals surface area contributed by atoms with Gasteiger partial charge >= 0.3 is 6.09 Å². The van der Waals surface area contributed by atoms with Crippen LogP contribution in [0.1, 0.15) is 47.5 Å². The van der Waals surface area contributed by atoms with E-state index in [1.165, 1.54) is 6.42 Å². The molecule has 2 heterocycles. The third-order valence-electron chi connectivity index (χ3n) is 4.94. The van der Waals surface area contributed by atoms with E-state index in [0.29, 0.717) is 25.7 Å². The van der Waals surface area contributed by atoms with Crippen LogP contribution < -0.4 is 5.32 Å². The Balaban J connectivity index is 1.90. The molecule has 1 N–H and O–H groups in total. The second-order valence-electron chi connectivity index (χ2n) is 8.52. The predicted molar refractivity (Wildman–Crippen MR) is 115 cm³/mol. The van der Waals surface area contributed by atoms with Gasteiger partial charge in [0.2, 0.25) is 0 Å². The summed E-state index contributed by atoms with van der Waals surface area (Å²) in [6, 6.07) is 0.595. The van der Waals surface area contributed by atoms with E-state index in [4.69, 9.17) is 9.73 Å². The number of nitrogens with one attached hydrogen (secondary N) is 1. The van der Waals surface area contributed by atoms with Crippen LogP contribution in [0.25, 0.3) is 0 Å². The molecule has 7 heteroatoms. The lowest BCUT2D eigenvalue weighted by atomic mass is 10.2. The molecular formula is C21H39N5O2. The van der Waals surface area contributed by atoms with Crippen LogP contribution in [-0.4, -0.2) is 90.8 Å². The third-order valence-corrected chi connectivity index (χ3v) is 4.94. The minimum Gasteiger partial charge on any atom is -0.444 e.